The van der Waals surface area contributed by atoms with E-state index in [1.54, 1.807) is 19.1 Å². The van der Waals surface area contributed by atoms with Gasteiger partial charge in [-0.3, -0.25) is 0 Å². The van der Waals surface area contributed by atoms with E-state index in [1.165, 1.54) is 19.3 Å². The molecule has 0 radical (unpaired) electrons. The predicted octanol–water partition coefficient (Wildman–Crippen LogP) is 2.44. The Morgan fingerprint density at radius 2 is 2.11 bits per heavy atom. The first-order valence-corrected chi connectivity index (χ1v) is 8.50. The summed E-state index contributed by atoms with van der Waals surface area (Å²) in [6.07, 6.45) is 3.61. The molecule has 2 N–H and O–H groups in total. The molecule has 0 saturated carbocycles. The number of hydrogen-bond donors (Lipinski definition) is 1. The molecule has 0 amide bonds. The maximum Gasteiger partial charge on any atom is 0.180 e. The maximum absolute atomic E-state index is 11.9. The van der Waals surface area contributed by atoms with E-state index in [-0.39, 0.29) is 10.6 Å². The van der Waals surface area contributed by atoms with Crippen LogP contribution < -0.4 is 10.6 Å². The van der Waals surface area contributed by atoms with Crippen molar-refractivity contribution in [2.45, 2.75) is 44.0 Å². The Kier molecular flexibility index (Phi) is 4.04. The molecule has 1 saturated heterocycles. The van der Waals surface area contributed by atoms with Crippen LogP contribution in [0.3, 0.4) is 0 Å². The molecule has 0 aliphatic carbocycles. The van der Waals surface area contributed by atoms with E-state index in [4.69, 9.17) is 5.73 Å². The molecule has 1 fully saturated rings. The fourth-order valence-electron chi connectivity index (χ4n) is 2.63. The van der Waals surface area contributed by atoms with Gasteiger partial charge in [-0.15, -0.1) is 0 Å². The van der Waals surface area contributed by atoms with Gasteiger partial charge in [-0.25, -0.2) is 8.42 Å². The molecule has 1 aliphatic rings. The molecule has 2 rings (SSSR count). The molecule has 106 valence electrons. The smallest absolute Gasteiger partial charge is 0.180 e. The summed E-state index contributed by atoms with van der Waals surface area (Å²) >= 11 is 0. The van der Waals surface area contributed by atoms with Crippen LogP contribution in [-0.2, 0) is 9.84 Å². The monoisotopic (exact) mass is 282 g/mol. The molecule has 1 aliphatic heterocycles. The third-order valence-corrected chi connectivity index (χ3v) is 5.65. The summed E-state index contributed by atoms with van der Waals surface area (Å²) in [7, 11) is -3.23. The SMILES string of the molecule is CCS(=O)(=O)c1ccc(N2CCCCC2C)cc1N. The van der Waals surface area contributed by atoms with Crippen molar-refractivity contribution in [1.29, 1.82) is 0 Å². The minimum absolute atomic E-state index is 0.0800. The zero-order valence-electron chi connectivity index (χ0n) is 11.6. The topological polar surface area (TPSA) is 63.4 Å². The molecule has 1 aromatic rings. The van der Waals surface area contributed by atoms with Gasteiger partial charge in [0.2, 0.25) is 0 Å². The lowest BCUT2D eigenvalue weighted by atomic mass is 10.0. The van der Waals surface area contributed by atoms with Crippen molar-refractivity contribution in [3.8, 4) is 0 Å². The highest BCUT2D eigenvalue weighted by Gasteiger charge is 2.21. The average molecular weight is 282 g/mol. The number of hydrogen-bond acceptors (Lipinski definition) is 4. The number of nitrogen functional groups attached to an aromatic ring is 1. The largest absolute Gasteiger partial charge is 0.398 e. The third kappa shape index (κ3) is 2.86. The van der Waals surface area contributed by atoms with Gasteiger partial charge in [0.25, 0.3) is 0 Å². The first-order valence-electron chi connectivity index (χ1n) is 6.84. The lowest BCUT2D eigenvalue weighted by Crippen LogP contribution is -2.37. The molecule has 1 aromatic carbocycles. The number of sulfone groups is 1. The zero-order valence-corrected chi connectivity index (χ0v) is 12.4. The van der Waals surface area contributed by atoms with E-state index in [1.807, 2.05) is 6.07 Å². The van der Waals surface area contributed by atoms with Gasteiger partial charge in [-0.1, -0.05) is 6.92 Å². The maximum atomic E-state index is 11.9. The van der Waals surface area contributed by atoms with Crippen LogP contribution in [0.5, 0.6) is 0 Å². The Morgan fingerprint density at radius 1 is 1.37 bits per heavy atom. The van der Waals surface area contributed by atoms with Crippen molar-refractivity contribution in [3.05, 3.63) is 18.2 Å². The lowest BCUT2D eigenvalue weighted by Gasteiger charge is -2.35. The molecule has 4 nitrogen and oxygen atoms in total. The molecule has 19 heavy (non-hydrogen) atoms. The minimum atomic E-state index is -3.23. The van der Waals surface area contributed by atoms with Gasteiger partial charge in [-0.05, 0) is 44.4 Å². The molecular formula is C14H22N2O2S. The fourth-order valence-corrected chi connectivity index (χ4v) is 3.64. The molecule has 1 unspecified atom stereocenters. The van der Waals surface area contributed by atoms with Gasteiger partial charge >= 0.3 is 0 Å². The molecule has 1 atom stereocenters. The second-order valence-electron chi connectivity index (χ2n) is 5.16. The van der Waals surface area contributed by atoms with Crippen molar-refractivity contribution < 1.29 is 8.42 Å². The summed E-state index contributed by atoms with van der Waals surface area (Å²) in [4.78, 5) is 2.56. The number of anilines is 2. The van der Waals surface area contributed by atoms with E-state index in [0.29, 0.717) is 11.7 Å². The second-order valence-corrected chi connectivity index (χ2v) is 7.41. The van der Waals surface area contributed by atoms with E-state index in [0.717, 1.165) is 12.2 Å². The van der Waals surface area contributed by atoms with Gasteiger partial charge in [0, 0.05) is 18.3 Å². The Bertz CT molecular complexity index is 555. The zero-order chi connectivity index (χ0) is 14.0. The van der Waals surface area contributed by atoms with Crippen LogP contribution in [0.4, 0.5) is 11.4 Å². The summed E-state index contributed by atoms with van der Waals surface area (Å²) in [6.45, 7) is 4.85. The molecule has 0 bridgehead atoms. The van der Waals surface area contributed by atoms with Gasteiger partial charge in [0.1, 0.15) is 0 Å². The normalized spacial score (nSPS) is 20.5. The molecule has 5 heteroatoms. The standard InChI is InChI=1S/C14H22N2O2S/c1-3-19(17,18)14-8-7-12(10-13(14)15)16-9-5-4-6-11(16)2/h7-8,10-11H,3-6,9,15H2,1-2H3. The Balaban J connectivity index is 2.33. The van der Waals surface area contributed by atoms with Crippen LogP contribution in [0.1, 0.15) is 33.1 Å². The van der Waals surface area contributed by atoms with Crippen molar-refractivity contribution in [2.24, 2.45) is 0 Å². The van der Waals surface area contributed by atoms with Crippen LogP contribution in [0, 0.1) is 0 Å². The summed E-state index contributed by atoms with van der Waals surface area (Å²) in [5.74, 6) is 0.0800. The van der Waals surface area contributed by atoms with E-state index in [9.17, 15) is 8.42 Å². The van der Waals surface area contributed by atoms with Gasteiger partial charge in [-0.2, -0.15) is 0 Å². The van der Waals surface area contributed by atoms with Crippen LogP contribution in [0.25, 0.3) is 0 Å². The molecule has 0 spiro atoms. The Morgan fingerprint density at radius 3 is 2.68 bits per heavy atom. The van der Waals surface area contributed by atoms with Gasteiger partial charge in [0.15, 0.2) is 9.84 Å². The van der Waals surface area contributed by atoms with Crippen molar-refractivity contribution in [1.82, 2.24) is 0 Å². The molecule has 1 heterocycles. The van der Waals surface area contributed by atoms with E-state index in [2.05, 4.69) is 11.8 Å². The van der Waals surface area contributed by atoms with Crippen LogP contribution in [0.2, 0.25) is 0 Å². The Hall–Kier alpha value is -1.23. The third-order valence-electron chi connectivity index (χ3n) is 3.84. The second kappa shape index (κ2) is 5.41. The number of piperidine rings is 1. The summed E-state index contributed by atoms with van der Waals surface area (Å²) < 4.78 is 23.8. The highest BCUT2D eigenvalue weighted by molar-refractivity contribution is 7.91. The van der Waals surface area contributed by atoms with Crippen molar-refractivity contribution >= 4 is 21.2 Å². The quantitative estimate of drug-likeness (QED) is 0.865. The fraction of sp³-hybridized carbons (Fsp3) is 0.571. The summed E-state index contributed by atoms with van der Waals surface area (Å²) in [5, 5.41) is 0. The first-order chi connectivity index (χ1) is 8.95. The van der Waals surface area contributed by atoms with Gasteiger partial charge in [0.05, 0.1) is 16.3 Å². The summed E-state index contributed by atoms with van der Waals surface area (Å²) in [5.41, 5.74) is 7.32. The van der Waals surface area contributed by atoms with E-state index >= 15 is 0 Å². The van der Waals surface area contributed by atoms with Crippen LogP contribution in [0.15, 0.2) is 23.1 Å². The predicted molar refractivity (Wildman–Crippen MR) is 79.2 cm³/mol. The first kappa shape index (κ1) is 14.2. The number of nitrogens with two attached hydrogens (primary N) is 1. The molecule has 0 aromatic heterocycles. The number of rotatable bonds is 3. The number of benzene rings is 1. The minimum Gasteiger partial charge on any atom is -0.398 e. The van der Waals surface area contributed by atoms with Gasteiger partial charge < -0.3 is 10.6 Å². The van der Waals surface area contributed by atoms with Crippen LogP contribution >= 0.6 is 0 Å². The summed E-state index contributed by atoms with van der Waals surface area (Å²) in [6, 6.07) is 5.80. The average Bonchev–Trinajstić information content (AvgIpc) is 2.39. The highest BCUT2D eigenvalue weighted by Crippen LogP contribution is 2.29. The van der Waals surface area contributed by atoms with Crippen LogP contribution in [-0.4, -0.2) is 26.8 Å². The van der Waals surface area contributed by atoms with E-state index < -0.39 is 9.84 Å². The lowest BCUT2D eigenvalue weighted by molar-refractivity contribution is 0.485. The molecular weight excluding hydrogens is 260 g/mol. The van der Waals surface area contributed by atoms with Crippen molar-refractivity contribution in [2.75, 3.05) is 22.9 Å². The van der Waals surface area contributed by atoms with Crippen molar-refractivity contribution in [3.63, 3.8) is 0 Å². The Labute approximate surface area is 115 Å². The number of nitrogens with zero attached hydrogens (tertiary/aromatic N) is 1. The highest BCUT2D eigenvalue weighted by atomic mass is 32.2.